The first kappa shape index (κ1) is 21.4. The Morgan fingerprint density at radius 3 is 2.65 bits per heavy atom. The summed E-state index contributed by atoms with van der Waals surface area (Å²) in [5.74, 6) is 0.0181. The minimum Gasteiger partial charge on any atom is -0.481 e. The molecule has 2 aliphatic rings. The van der Waals surface area contributed by atoms with Gasteiger partial charge in [0.05, 0.1) is 6.10 Å². The Balaban J connectivity index is 1.76. The van der Waals surface area contributed by atoms with Gasteiger partial charge in [-0.05, 0) is 25.2 Å². The van der Waals surface area contributed by atoms with Gasteiger partial charge in [0.1, 0.15) is 12.2 Å². The molecule has 26 heavy (non-hydrogen) atoms. The van der Waals surface area contributed by atoms with Crippen molar-refractivity contribution in [3.05, 3.63) is 12.2 Å². The minimum absolute atomic E-state index is 0.100. The van der Waals surface area contributed by atoms with Crippen LogP contribution in [-0.4, -0.2) is 34.6 Å². The maximum atomic E-state index is 10.5. The van der Waals surface area contributed by atoms with Gasteiger partial charge in [-0.2, -0.15) is 0 Å². The molecule has 2 rings (SSSR count). The molecule has 1 saturated carbocycles. The van der Waals surface area contributed by atoms with Crippen LogP contribution in [0.1, 0.15) is 77.6 Å². The number of hydrogen-bond acceptors (Lipinski definition) is 5. The molecule has 1 heterocycles. The van der Waals surface area contributed by atoms with Crippen molar-refractivity contribution in [2.75, 3.05) is 0 Å². The van der Waals surface area contributed by atoms with Crippen LogP contribution in [0.4, 0.5) is 0 Å². The molecule has 2 N–H and O–H groups in total. The van der Waals surface area contributed by atoms with Gasteiger partial charge in [0.15, 0.2) is 0 Å². The lowest BCUT2D eigenvalue weighted by atomic mass is 9.87. The van der Waals surface area contributed by atoms with Crippen molar-refractivity contribution in [1.82, 2.24) is 0 Å². The molecule has 0 spiro atoms. The SMILES string of the molecule is CCCCC[C@@H](C=C[C@@H]1[C@@H](CCCCCCC(=O)O)[C@@H]2C[C@H]1OO2)OO. The van der Waals surface area contributed by atoms with Crippen LogP contribution in [0.2, 0.25) is 0 Å². The van der Waals surface area contributed by atoms with Crippen LogP contribution in [-0.2, 0) is 19.5 Å². The fraction of sp³-hybridized carbons (Fsp3) is 0.850. The van der Waals surface area contributed by atoms with Crippen molar-refractivity contribution in [2.45, 2.75) is 95.9 Å². The van der Waals surface area contributed by atoms with Gasteiger partial charge in [-0.25, -0.2) is 14.7 Å². The summed E-state index contributed by atoms with van der Waals surface area (Å²) in [7, 11) is 0. The van der Waals surface area contributed by atoms with Gasteiger partial charge in [0.25, 0.3) is 0 Å². The average Bonchev–Trinajstić information content (AvgIpc) is 3.22. The normalized spacial score (nSPS) is 28.8. The highest BCUT2D eigenvalue weighted by atomic mass is 17.2. The Bertz CT molecular complexity index is 438. The van der Waals surface area contributed by atoms with Crippen molar-refractivity contribution in [3.8, 4) is 0 Å². The Kier molecular flexibility index (Phi) is 9.61. The second kappa shape index (κ2) is 11.7. The lowest BCUT2D eigenvalue weighted by molar-refractivity contribution is -0.337. The van der Waals surface area contributed by atoms with E-state index in [9.17, 15) is 4.79 Å². The fourth-order valence-electron chi connectivity index (χ4n) is 4.13. The highest BCUT2D eigenvalue weighted by Crippen LogP contribution is 2.45. The van der Waals surface area contributed by atoms with Gasteiger partial charge < -0.3 is 5.11 Å². The van der Waals surface area contributed by atoms with E-state index in [0.29, 0.717) is 11.8 Å². The smallest absolute Gasteiger partial charge is 0.303 e. The molecule has 1 aliphatic heterocycles. The Morgan fingerprint density at radius 1 is 1.15 bits per heavy atom. The van der Waals surface area contributed by atoms with E-state index in [1.807, 2.05) is 6.08 Å². The van der Waals surface area contributed by atoms with E-state index in [-0.39, 0.29) is 24.7 Å². The molecular formula is C20H34O6. The second-order valence-corrected chi connectivity index (χ2v) is 7.62. The third-order valence-electron chi connectivity index (χ3n) is 5.62. The maximum absolute atomic E-state index is 10.5. The summed E-state index contributed by atoms with van der Waals surface area (Å²) in [6.07, 6.45) is 14.4. The van der Waals surface area contributed by atoms with Gasteiger partial charge in [-0.15, -0.1) is 0 Å². The number of rotatable bonds is 14. The van der Waals surface area contributed by atoms with Crippen molar-refractivity contribution in [1.29, 1.82) is 0 Å². The predicted octanol–water partition coefficient (Wildman–Crippen LogP) is 4.74. The third-order valence-corrected chi connectivity index (χ3v) is 5.62. The zero-order valence-electron chi connectivity index (χ0n) is 15.8. The summed E-state index contributed by atoms with van der Waals surface area (Å²) in [6.45, 7) is 2.16. The molecule has 2 bridgehead atoms. The van der Waals surface area contributed by atoms with Crippen LogP contribution in [0.15, 0.2) is 12.2 Å². The van der Waals surface area contributed by atoms with Crippen LogP contribution in [0.3, 0.4) is 0 Å². The Labute approximate surface area is 156 Å². The average molecular weight is 370 g/mol. The number of hydrogen-bond donors (Lipinski definition) is 2. The first-order valence-electron chi connectivity index (χ1n) is 10.2. The van der Waals surface area contributed by atoms with Gasteiger partial charge >= 0.3 is 5.97 Å². The molecule has 6 nitrogen and oxygen atoms in total. The first-order chi connectivity index (χ1) is 12.7. The molecule has 0 aromatic carbocycles. The molecule has 6 heteroatoms. The highest BCUT2D eigenvalue weighted by Gasteiger charge is 2.49. The number of carboxylic acids is 1. The molecule has 5 atom stereocenters. The van der Waals surface area contributed by atoms with Crippen molar-refractivity contribution in [2.24, 2.45) is 11.8 Å². The number of unbranched alkanes of at least 4 members (excludes halogenated alkanes) is 5. The topological polar surface area (TPSA) is 85.2 Å². The summed E-state index contributed by atoms with van der Waals surface area (Å²) >= 11 is 0. The van der Waals surface area contributed by atoms with Gasteiger partial charge in [-0.3, -0.25) is 10.1 Å². The van der Waals surface area contributed by atoms with E-state index in [1.165, 1.54) is 0 Å². The summed E-state index contributed by atoms with van der Waals surface area (Å²) in [4.78, 5) is 26.0. The van der Waals surface area contributed by atoms with E-state index in [0.717, 1.165) is 64.2 Å². The van der Waals surface area contributed by atoms with E-state index in [1.54, 1.807) is 0 Å². The maximum Gasteiger partial charge on any atom is 0.303 e. The zero-order valence-corrected chi connectivity index (χ0v) is 15.8. The Hall–Kier alpha value is -0.950. The number of fused-ring (bicyclic) bond motifs is 2. The standard InChI is InChI=1S/C20H34O6/c1-2-3-6-9-15(24-23)12-13-17-16(18-14-19(17)26-25-18)10-7-4-5-8-11-20(21)22/h12-13,15-19,23H,2-11,14H2,1H3,(H,21,22)/t15-,16+,17+,18-,19+/m0/s1. The largest absolute Gasteiger partial charge is 0.481 e. The highest BCUT2D eigenvalue weighted by molar-refractivity contribution is 5.66. The van der Waals surface area contributed by atoms with E-state index in [4.69, 9.17) is 20.1 Å². The van der Waals surface area contributed by atoms with Crippen molar-refractivity contribution < 1.29 is 29.8 Å². The molecule has 0 aromatic heterocycles. The third kappa shape index (κ3) is 6.65. The summed E-state index contributed by atoms with van der Waals surface area (Å²) in [6, 6.07) is 0. The molecule has 150 valence electrons. The van der Waals surface area contributed by atoms with Crippen LogP contribution in [0, 0.1) is 11.8 Å². The van der Waals surface area contributed by atoms with Crippen LogP contribution < -0.4 is 0 Å². The molecular weight excluding hydrogens is 336 g/mol. The zero-order chi connectivity index (χ0) is 18.8. The van der Waals surface area contributed by atoms with E-state index < -0.39 is 5.97 Å². The van der Waals surface area contributed by atoms with Crippen molar-refractivity contribution >= 4 is 5.97 Å². The number of aliphatic carboxylic acids is 1. The lowest BCUT2D eigenvalue weighted by Gasteiger charge is -2.28. The lowest BCUT2D eigenvalue weighted by Crippen LogP contribution is -2.29. The second-order valence-electron chi connectivity index (χ2n) is 7.62. The monoisotopic (exact) mass is 370 g/mol. The van der Waals surface area contributed by atoms with Crippen LogP contribution >= 0.6 is 0 Å². The van der Waals surface area contributed by atoms with Gasteiger partial charge in [0, 0.05) is 18.8 Å². The number of carboxylic acid groups (broad SMARTS) is 1. The molecule has 0 aromatic rings. The summed E-state index contributed by atoms with van der Waals surface area (Å²) < 4.78 is 0. The number of carbonyl (C=O) groups is 1. The molecule has 0 amide bonds. The molecule has 0 radical (unpaired) electrons. The van der Waals surface area contributed by atoms with Gasteiger partial charge in [-0.1, -0.05) is 57.6 Å². The van der Waals surface area contributed by atoms with Crippen LogP contribution in [0.25, 0.3) is 0 Å². The van der Waals surface area contributed by atoms with Crippen molar-refractivity contribution in [3.63, 3.8) is 0 Å². The molecule has 1 aliphatic carbocycles. The Morgan fingerprint density at radius 2 is 1.92 bits per heavy atom. The van der Waals surface area contributed by atoms with Gasteiger partial charge in [0.2, 0.25) is 0 Å². The van der Waals surface area contributed by atoms with E-state index in [2.05, 4.69) is 17.9 Å². The first-order valence-corrected chi connectivity index (χ1v) is 10.2. The minimum atomic E-state index is -0.714. The summed E-state index contributed by atoms with van der Waals surface area (Å²) in [5.41, 5.74) is 0. The van der Waals surface area contributed by atoms with Crippen LogP contribution in [0.5, 0.6) is 0 Å². The fourth-order valence-corrected chi connectivity index (χ4v) is 4.13. The molecule has 2 fully saturated rings. The molecule has 0 unspecified atom stereocenters. The van der Waals surface area contributed by atoms with E-state index >= 15 is 0 Å². The predicted molar refractivity (Wildman–Crippen MR) is 97.5 cm³/mol. The summed E-state index contributed by atoms with van der Waals surface area (Å²) in [5, 5.41) is 17.8. The molecule has 1 saturated heterocycles. The quantitative estimate of drug-likeness (QED) is 0.199.